The monoisotopic (exact) mass is 358 g/mol. The summed E-state index contributed by atoms with van der Waals surface area (Å²) in [6, 6.07) is 12.8. The second kappa shape index (κ2) is 5.26. The number of nitrogens with one attached hydrogen (secondary N) is 1. The number of fused-ring (bicyclic) bond motifs is 2. The molecule has 4 nitrogen and oxygen atoms in total. The Morgan fingerprint density at radius 3 is 2.58 bits per heavy atom. The molecule has 2 unspecified atom stereocenters. The fourth-order valence-electron chi connectivity index (χ4n) is 3.37. The summed E-state index contributed by atoms with van der Waals surface area (Å²) < 4.78 is 0. The summed E-state index contributed by atoms with van der Waals surface area (Å²) in [5.74, 6) is -0.253. The quantitative estimate of drug-likeness (QED) is 0.840. The van der Waals surface area contributed by atoms with Gasteiger partial charge in [0.2, 0.25) is 10.8 Å². The maximum absolute atomic E-state index is 13.0. The molecule has 1 spiro atoms. The van der Waals surface area contributed by atoms with Crippen molar-refractivity contribution in [3.05, 3.63) is 58.6 Å². The minimum Gasteiger partial charge on any atom is -0.322 e. The van der Waals surface area contributed by atoms with E-state index in [4.69, 9.17) is 11.6 Å². The van der Waals surface area contributed by atoms with Crippen molar-refractivity contribution in [2.24, 2.45) is 0 Å². The SMILES string of the molecule is Cc1cccc2c1NC(=O)C21SC(C)C(=O)N1c1ccc(Cl)cc1. The molecule has 2 aromatic rings. The van der Waals surface area contributed by atoms with Crippen LogP contribution in [-0.2, 0) is 14.5 Å². The number of para-hydroxylation sites is 1. The average Bonchev–Trinajstić information content (AvgIpc) is 2.98. The molecule has 2 amide bonds. The Morgan fingerprint density at radius 2 is 1.88 bits per heavy atom. The van der Waals surface area contributed by atoms with E-state index in [1.54, 1.807) is 29.2 Å². The van der Waals surface area contributed by atoms with Crippen molar-refractivity contribution >= 4 is 46.6 Å². The minimum absolute atomic E-state index is 0.0770. The molecule has 0 aromatic heterocycles. The van der Waals surface area contributed by atoms with Crippen LogP contribution in [0.3, 0.4) is 0 Å². The number of benzene rings is 2. The maximum atomic E-state index is 13.0. The lowest BCUT2D eigenvalue weighted by Crippen LogP contribution is -2.47. The molecular formula is C18H15ClN2O2S. The van der Waals surface area contributed by atoms with Gasteiger partial charge in [-0.05, 0) is 43.7 Å². The average molecular weight is 359 g/mol. The number of hydrogen-bond donors (Lipinski definition) is 1. The molecule has 4 rings (SSSR count). The van der Waals surface area contributed by atoms with Crippen LogP contribution in [0.25, 0.3) is 0 Å². The molecule has 24 heavy (non-hydrogen) atoms. The summed E-state index contributed by atoms with van der Waals surface area (Å²) in [6.45, 7) is 3.79. The van der Waals surface area contributed by atoms with Crippen molar-refractivity contribution in [2.45, 2.75) is 24.0 Å². The first-order valence-electron chi connectivity index (χ1n) is 7.64. The zero-order valence-electron chi connectivity index (χ0n) is 13.2. The zero-order valence-corrected chi connectivity index (χ0v) is 14.7. The van der Waals surface area contributed by atoms with Gasteiger partial charge >= 0.3 is 0 Å². The number of rotatable bonds is 1. The summed E-state index contributed by atoms with van der Waals surface area (Å²) in [6.07, 6.45) is 0. The number of amides is 2. The fourth-order valence-corrected chi connectivity index (χ4v) is 4.97. The summed E-state index contributed by atoms with van der Waals surface area (Å²) in [5.41, 5.74) is 3.30. The minimum atomic E-state index is -1.06. The van der Waals surface area contributed by atoms with Crippen molar-refractivity contribution in [1.82, 2.24) is 0 Å². The molecule has 6 heteroatoms. The number of aryl methyl sites for hydroxylation is 1. The van der Waals surface area contributed by atoms with E-state index in [1.165, 1.54) is 11.8 Å². The molecule has 1 fully saturated rings. The van der Waals surface area contributed by atoms with Gasteiger partial charge in [0.05, 0.1) is 10.9 Å². The number of anilines is 2. The van der Waals surface area contributed by atoms with Gasteiger partial charge < -0.3 is 5.32 Å². The van der Waals surface area contributed by atoms with Crippen molar-refractivity contribution in [1.29, 1.82) is 0 Å². The zero-order chi connectivity index (χ0) is 17.1. The van der Waals surface area contributed by atoms with E-state index in [0.29, 0.717) is 10.7 Å². The van der Waals surface area contributed by atoms with E-state index in [2.05, 4.69) is 5.32 Å². The number of hydrogen-bond acceptors (Lipinski definition) is 3. The van der Waals surface area contributed by atoms with Crippen LogP contribution in [0.2, 0.25) is 5.02 Å². The molecule has 0 saturated carbocycles. The van der Waals surface area contributed by atoms with Gasteiger partial charge in [-0.15, -0.1) is 11.8 Å². The third-order valence-electron chi connectivity index (χ3n) is 4.50. The first kappa shape index (κ1) is 15.5. The number of halogens is 1. The van der Waals surface area contributed by atoms with Crippen LogP contribution in [0.1, 0.15) is 18.1 Å². The standard InChI is InChI=1S/C18H15ClN2O2S/c1-10-4-3-5-14-15(10)20-17(23)18(14)21(16(22)11(2)24-18)13-8-6-12(19)7-9-13/h3-9,11H,1-2H3,(H,20,23). The van der Waals surface area contributed by atoms with Gasteiger partial charge in [0.15, 0.2) is 0 Å². The van der Waals surface area contributed by atoms with Gasteiger partial charge in [-0.3, -0.25) is 14.5 Å². The number of carbonyl (C=O) groups is 2. The van der Waals surface area contributed by atoms with Crippen LogP contribution in [0.15, 0.2) is 42.5 Å². The van der Waals surface area contributed by atoms with E-state index in [9.17, 15) is 9.59 Å². The number of thioether (sulfide) groups is 1. The second-order valence-electron chi connectivity index (χ2n) is 6.01. The Hall–Kier alpha value is -1.98. The molecule has 2 atom stereocenters. The molecule has 1 saturated heterocycles. The molecule has 0 aliphatic carbocycles. The largest absolute Gasteiger partial charge is 0.322 e. The molecule has 2 aromatic carbocycles. The van der Waals surface area contributed by atoms with E-state index in [0.717, 1.165) is 16.8 Å². The molecule has 2 aliphatic rings. The third-order valence-corrected chi connectivity index (χ3v) is 6.24. The fraction of sp³-hybridized carbons (Fsp3) is 0.222. The van der Waals surface area contributed by atoms with Crippen LogP contribution in [0, 0.1) is 6.92 Å². The Morgan fingerprint density at radius 1 is 1.17 bits per heavy atom. The molecule has 0 bridgehead atoms. The molecule has 2 aliphatic heterocycles. The van der Waals surface area contributed by atoms with Gasteiger partial charge in [-0.1, -0.05) is 29.8 Å². The maximum Gasteiger partial charge on any atom is 0.266 e. The summed E-state index contributed by atoms with van der Waals surface area (Å²) >= 11 is 7.36. The Kier molecular flexibility index (Phi) is 3.41. The Bertz CT molecular complexity index is 868. The third kappa shape index (κ3) is 1.95. The molecule has 0 radical (unpaired) electrons. The van der Waals surface area contributed by atoms with Crippen LogP contribution in [-0.4, -0.2) is 17.1 Å². The Balaban J connectivity index is 1.96. The predicted molar refractivity (Wildman–Crippen MR) is 97.5 cm³/mol. The van der Waals surface area contributed by atoms with Crippen LogP contribution in [0.5, 0.6) is 0 Å². The Labute approximate surface area is 149 Å². The van der Waals surface area contributed by atoms with Crippen molar-refractivity contribution in [2.75, 3.05) is 10.2 Å². The lowest BCUT2D eigenvalue weighted by atomic mass is 10.0. The van der Waals surface area contributed by atoms with Crippen molar-refractivity contribution < 1.29 is 9.59 Å². The van der Waals surface area contributed by atoms with Crippen molar-refractivity contribution in [3.8, 4) is 0 Å². The normalized spacial score (nSPS) is 25.3. The second-order valence-corrected chi connectivity index (χ2v) is 7.98. The van der Waals surface area contributed by atoms with E-state index < -0.39 is 4.87 Å². The van der Waals surface area contributed by atoms with Crippen molar-refractivity contribution in [3.63, 3.8) is 0 Å². The molecule has 2 heterocycles. The first-order chi connectivity index (χ1) is 11.4. The highest BCUT2D eigenvalue weighted by Crippen LogP contribution is 2.56. The van der Waals surface area contributed by atoms with Crippen LogP contribution < -0.4 is 10.2 Å². The lowest BCUT2D eigenvalue weighted by Gasteiger charge is -2.32. The molecular weight excluding hydrogens is 344 g/mol. The molecule has 1 N–H and O–H groups in total. The predicted octanol–water partition coefficient (Wildman–Crippen LogP) is 3.92. The molecule has 122 valence electrons. The lowest BCUT2D eigenvalue weighted by molar-refractivity contribution is -0.122. The summed E-state index contributed by atoms with van der Waals surface area (Å²) in [7, 11) is 0. The first-order valence-corrected chi connectivity index (χ1v) is 8.90. The van der Waals surface area contributed by atoms with Gasteiger partial charge in [0, 0.05) is 16.3 Å². The number of nitrogens with zero attached hydrogens (tertiary/aromatic N) is 1. The highest BCUT2D eigenvalue weighted by atomic mass is 35.5. The van der Waals surface area contributed by atoms with Crippen LogP contribution in [0.4, 0.5) is 11.4 Å². The highest BCUT2D eigenvalue weighted by molar-refractivity contribution is 8.03. The van der Waals surface area contributed by atoms with E-state index in [-0.39, 0.29) is 17.1 Å². The van der Waals surface area contributed by atoms with E-state index in [1.807, 2.05) is 32.0 Å². The van der Waals surface area contributed by atoms with Gasteiger partial charge in [-0.25, -0.2) is 0 Å². The van der Waals surface area contributed by atoms with Gasteiger partial charge in [0.25, 0.3) is 5.91 Å². The summed E-state index contributed by atoms with van der Waals surface area (Å²) in [4.78, 5) is 26.4. The number of carbonyl (C=O) groups excluding carboxylic acids is 2. The smallest absolute Gasteiger partial charge is 0.266 e. The topological polar surface area (TPSA) is 49.4 Å². The van der Waals surface area contributed by atoms with Gasteiger partial charge in [-0.2, -0.15) is 0 Å². The van der Waals surface area contributed by atoms with E-state index >= 15 is 0 Å². The van der Waals surface area contributed by atoms with Gasteiger partial charge in [0.1, 0.15) is 0 Å². The summed E-state index contributed by atoms with van der Waals surface area (Å²) in [5, 5.41) is 3.25. The van der Waals surface area contributed by atoms with Crippen LogP contribution >= 0.6 is 23.4 Å². The highest BCUT2D eigenvalue weighted by Gasteiger charge is 2.61.